The van der Waals surface area contributed by atoms with Crippen LogP contribution in [0, 0.1) is 5.92 Å². The lowest BCUT2D eigenvalue weighted by molar-refractivity contribution is -0.120. The molecular formula is C24H26N2O4. The minimum atomic E-state index is -0.302. The Morgan fingerprint density at radius 2 is 1.47 bits per heavy atom. The molecule has 0 saturated carbocycles. The van der Waals surface area contributed by atoms with Crippen LogP contribution in [0.2, 0.25) is 0 Å². The highest BCUT2D eigenvalue weighted by atomic mass is 16.5. The third-order valence-electron chi connectivity index (χ3n) is 5.74. The van der Waals surface area contributed by atoms with Crippen LogP contribution in [0.25, 0.3) is 5.57 Å². The minimum absolute atomic E-state index is 0.273. The maximum Gasteiger partial charge on any atom is 0.282 e. The predicted octanol–water partition coefficient (Wildman–Crippen LogP) is 3.72. The predicted molar refractivity (Wildman–Crippen MR) is 115 cm³/mol. The second kappa shape index (κ2) is 8.22. The Hall–Kier alpha value is -3.28. The van der Waals surface area contributed by atoms with E-state index >= 15 is 0 Å². The molecular weight excluding hydrogens is 380 g/mol. The Balaban J connectivity index is 1.78. The smallest absolute Gasteiger partial charge is 0.282 e. The van der Waals surface area contributed by atoms with E-state index in [2.05, 4.69) is 11.8 Å². The topological polar surface area (TPSA) is 59.1 Å². The van der Waals surface area contributed by atoms with Gasteiger partial charge in [-0.2, -0.15) is 0 Å². The largest absolute Gasteiger partial charge is 0.497 e. The number of hydrogen-bond acceptors (Lipinski definition) is 5. The zero-order valence-corrected chi connectivity index (χ0v) is 17.6. The number of carbonyl (C=O) groups is 2. The summed E-state index contributed by atoms with van der Waals surface area (Å²) in [4.78, 5) is 30.4. The molecule has 2 aliphatic rings. The number of hydrogen-bond donors (Lipinski definition) is 0. The molecule has 2 aromatic carbocycles. The van der Waals surface area contributed by atoms with Crippen LogP contribution in [-0.2, 0) is 9.59 Å². The number of anilines is 1. The van der Waals surface area contributed by atoms with E-state index in [1.165, 1.54) is 4.90 Å². The molecule has 2 heterocycles. The van der Waals surface area contributed by atoms with Gasteiger partial charge in [0.25, 0.3) is 11.8 Å². The van der Waals surface area contributed by atoms with Gasteiger partial charge in [0.15, 0.2) is 0 Å². The second-order valence-electron chi connectivity index (χ2n) is 7.79. The highest BCUT2D eigenvalue weighted by Crippen LogP contribution is 2.37. The number of nitrogens with zero attached hydrogens (tertiary/aromatic N) is 2. The normalized spacial score (nSPS) is 19.5. The number of likely N-dealkylation sites (tertiary alicyclic amines) is 1. The average Bonchev–Trinajstić information content (AvgIpc) is 3.04. The van der Waals surface area contributed by atoms with Crippen LogP contribution in [0.15, 0.2) is 54.2 Å². The van der Waals surface area contributed by atoms with Gasteiger partial charge in [-0.3, -0.25) is 9.59 Å². The first kappa shape index (κ1) is 20.0. The van der Waals surface area contributed by atoms with Crippen LogP contribution >= 0.6 is 0 Å². The molecule has 2 aliphatic heterocycles. The molecule has 6 nitrogen and oxygen atoms in total. The van der Waals surface area contributed by atoms with Gasteiger partial charge in [0.2, 0.25) is 0 Å². The maximum absolute atomic E-state index is 13.5. The van der Waals surface area contributed by atoms with Gasteiger partial charge in [0.1, 0.15) is 17.2 Å². The Labute approximate surface area is 176 Å². The standard InChI is InChI=1S/C24H26N2O4/c1-16-5-4-14-25(15-16)22-21(17-6-10-19(29-2)11-7-17)23(27)26(24(22)28)18-8-12-20(30-3)13-9-18/h6-13,16H,4-5,14-15H2,1-3H3. The molecule has 30 heavy (non-hydrogen) atoms. The molecule has 1 unspecified atom stereocenters. The minimum Gasteiger partial charge on any atom is -0.497 e. The fraction of sp³-hybridized carbons (Fsp3) is 0.333. The third-order valence-corrected chi connectivity index (χ3v) is 5.74. The van der Waals surface area contributed by atoms with E-state index < -0.39 is 0 Å². The number of ether oxygens (including phenoxy) is 2. The number of piperidine rings is 1. The molecule has 0 spiro atoms. The van der Waals surface area contributed by atoms with Crippen molar-refractivity contribution in [3.05, 3.63) is 59.8 Å². The van der Waals surface area contributed by atoms with Crippen LogP contribution < -0.4 is 14.4 Å². The molecule has 0 aliphatic carbocycles. The van der Waals surface area contributed by atoms with Crippen molar-refractivity contribution in [3.8, 4) is 11.5 Å². The molecule has 1 saturated heterocycles. The Bertz CT molecular complexity index is 979. The second-order valence-corrected chi connectivity index (χ2v) is 7.79. The summed E-state index contributed by atoms with van der Waals surface area (Å²) in [6.07, 6.45) is 2.14. The lowest BCUT2D eigenvalue weighted by atomic mass is 9.98. The van der Waals surface area contributed by atoms with E-state index in [1.807, 2.05) is 24.3 Å². The monoisotopic (exact) mass is 406 g/mol. The molecule has 1 atom stereocenters. The van der Waals surface area contributed by atoms with E-state index in [0.29, 0.717) is 34.4 Å². The summed E-state index contributed by atoms with van der Waals surface area (Å²) < 4.78 is 10.5. The van der Waals surface area contributed by atoms with Gasteiger partial charge in [-0.05, 0) is 60.7 Å². The van der Waals surface area contributed by atoms with Gasteiger partial charge < -0.3 is 14.4 Å². The molecule has 0 aromatic heterocycles. The van der Waals surface area contributed by atoms with Gasteiger partial charge in [-0.1, -0.05) is 19.1 Å². The number of rotatable bonds is 5. The fourth-order valence-electron chi connectivity index (χ4n) is 4.19. The summed E-state index contributed by atoms with van der Waals surface area (Å²) in [5.41, 5.74) is 2.20. The SMILES string of the molecule is COc1ccc(C2=C(N3CCCC(C)C3)C(=O)N(c3ccc(OC)cc3)C2=O)cc1. The lowest BCUT2D eigenvalue weighted by Gasteiger charge is -2.33. The Morgan fingerprint density at radius 3 is 2.03 bits per heavy atom. The molecule has 2 amide bonds. The zero-order chi connectivity index (χ0) is 21.3. The lowest BCUT2D eigenvalue weighted by Crippen LogP contribution is -2.39. The molecule has 4 rings (SSSR count). The molecule has 2 aromatic rings. The number of amides is 2. The quantitative estimate of drug-likeness (QED) is 0.709. The van der Waals surface area contributed by atoms with E-state index in [0.717, 1.165) is 31.5 Å². The van der Waals surface area contributed by atoms with Gasteiger partial charge >= 0.3 is 0 Å². The van der Waals surface area contributed by atoms with Crippen molar-refractivity contribution in [2.75, 3.05) is 32.2 Å². The highest BCUT2D eigenvalue weighted by Gasteiger charge is 2.43. The molecule has 6 heteroatoms. The summed E-state index contributed by atoms with van der Waals surface area (Å²) >= 11 is 0. The first-order valence-electron chi connectivity index (χ1n) is 10.2. The number of imide groups is 1. The van der Waals surface area contributed by atoms with Gasteiger partial charge in [-0.25, -0.2) is 4.90 Å². The molecule has 1 fully saturated rings. The number of methoxy groups -OCH3 is 2. The van der Waals surface area contributed by atoms with Crippen LogP contribution in [0.1, 0.15) is 25.3 Å². The summed E-state index contributed by atoms with van der Waals surface area (Å²) in [5.74, 6) is 1.28. The van der Waals surface area contributed by atoms with Gasteiger partial charge in [0, 0.05) is 13.1 Å². The number of carbonyl (C=O) groups excluding carboxylic acids is 2. The summed E-state index contributed by atoms with van der Waals surface area (Å²) in [7, 11) is 3.19. The molecule has 0 N–H and O–H groups in total. The first-order chi connectivity index (χ1) is 14.5. The van der Waals surface area contributed by atoms with E-state index in [4.69, 9.17) is 9.47 Å². The maximum atomic E-state index is 13.5. The van der Waals surface area contributed by atoms with Crippen molar-refractivity contribution >= 4 is 23.1 Å². The van der Waals surface area contributed by atoms with Crippen molar-refractivity contribution in [2.24, 2.45) is 5.92 Å². The summed E-state index contributed by atoms with van der Waals surface area (Å²) in [6.45, 7) is 3.72. The highest BCUT2D eigenvalue weighted by molar-refractivity contribution is 6.45. The molecule has 0 bridgehead atoms. The van der Waals surface area contributed by atoms with Crippen LogP contribution in [0.4, 0.5) is 5.69 Å². The Kier molecular flexibility index (Phi) is 5.48. The fourth-order valence-corrected chi connectivity index (χ4v) is 4.19. The average molecular weight is 406 g/mol. The Morgan fingerprint density at radius 1 is 0.867 bits per heavy atom. The van der Waals surface area contributed by atoms with Crippen molar-refractivity contribution in [1.29, 1.82) is 0 Å². The summed E-state index contributed by atoms with van der Waals surface area (Å²) in [6, 6.07) is 14.3. The van der Waals surface area contributed by atoms with Crippen LogP contribution in [0.5, 0.6) is 11.5 Å². The first-order valence-corrected chi connectivity index (χ1v) is 10.2. The van der Waals surface area contributed by atoms with Crippen molar-refractivity contribution < 1.29 is 19.1 Å². The van der Waals surface area contributed by atoms with Crippen LogP contribution in [0.3, 0.4) is 0 Å². The third kappa shape index (κ3) is 3.54. The zero-order valence-electron chi connectivity index (χ0n) is 17.6. The van der Waals surface area contributed by atoms with Gasteiger partial charge in [0.05, 0.1) is 25.5 Å². The van der Waals surface area contributed by atoms with Crippen molar-refractivity contribution in [2.45, 2.75) is 19.8 Å². The molecule has 0 radical (unpaired) electrons. The number of benzene rings is 2. The van der Waals surface area contributed by atoms with E-state index in [-0.39, 0.29) is 11.8 Å². The van der Waals surface area contributed by atoms with Crippen LogP contribution in [-0.4, -0.2) is 44.0 Å². The van der Waals surface area contributed by atoms with Crippen molar-refractivity contribution in [1.82, 2.24) is 4.90 Å². The van der Waals surface area contributed by atoms with E-state index in [1.54, 1.807) is 38.5 Å². The van der Waals surface area contributed by atoms with E-state index in [9.17, 15) is 9.59 Å². The molecule has 156 valence electrons. The van der Waals surface area contributed by atoms with Crippen molar-refractivity contribution in [3.63, 3.8) is 0 Å². The van der Waals surface area contributed by atoms with Gasteiger partial charge in [-0.15, -0.1) is 0 Å². The summed E-state index contributed by atoms with van der Waals surface area (Å²) in [5, 5.41) is 0.